The highest BCUT2D eigenvalue weighted by molar-refractivity contribution is 7.98. The molecule has 0 aromatic heterocycles. The molecular formula is C8H15BO2S. The fraction of sp³-hybridized carbons (Fsp3) is 1.00. The summed E-state index contributed by atoms with van der Waals surface area (Å²) in [5.74, 6) is 0.967. The van der Waals surface area contributed by atoms with Crippen LogP contribution in [0.3, 0.4) is 0 Å². The van der Waals surface area contributed by atoms with Crippen LogP contribution in [-0.4, -0.2) is 45.2 Å². The van der Waals surface area contributed by atoms with E-state index in [0.29, 0.717) is 6.61 Å². The molecule has 1 saturated heterocycles. The molecule has 0 amide bonds. The first-order chi connectivity index (χ1) is 5.72. The Morgan fingerprint density at radius 2 is 2.50 bits per heavy atom. The Hall–Kier alpha value is 0.335. The van der Waals surface area contributed by atoms with Gasteiger partial charge < -0.3 is 9.47 Å². The van der Waals surface area contributed by atoms with E-state index in [1.165, 1.54) is 0 Å². The van der Waals surface area contributed by atoms with E-state index in [1.54, 1.807) is 18.9 Å². The Bertz CT molecular complexity index is 132. The van der Waals surface area contributed by atoms with E-state index in [-0.39, 0.29) is 11.6 Å². The summed E-state index contributed by atoms with van der Waals surface area (Å²) >= 11 is 1.78. The van der Waals surface area contributed by atoms with Gasteiger partial charge in [0.2, 0.25) is 0 Å². The molecule has 1 fully saturated rings. The monoisotopic (exact) mass is 186 g/mol. The van der Waals surface area contributed by atoms with Crippen LogP contribution in [0.2, 0.25) is 0 Å². The molecule has 1 heterocycles. The van der Waals surface area contributed by atoms with E-state index in [9.17, 15) is 0 Å². The summed E-state index contributed by atoms with van der Waals surface area (Å²) in [5.41, 5.74) is -0.117. The van der Waals surface area contributed by atoms with Gasteiger partial charge >= 0.3 is 0 Å². The molecule has 2 atom stereocenters. The predicted octanol–water partition coefficient (Wildman–Crippen LogP) is 1.04. The van der Waals surface area contributed by atoms with Gasteiger partial charge in [-0.25, -0.2) is 0 Å². The Balaban J connectivity index is 2.48. The highest BCUT2D eigenvalue weighted by Crippen LogP contribution is 2.31. The van der Waals surface area contributed by atoms with Crippen molar-refractivity contribution < 1.29 is 9.47 Å². The molecule has 0 aromatic carbocycles. The van der Waals surface area contributed by atoms with Gasteiger partial charge in [-0.3, -0.25) is 0 Å². The number of ether oxygens (including phenoxy) is 2. The van der Waals surface area contributed by atoms with Crippen molar-refractivity contribution in [2.75, 3.05) is 25.7 Å². The van der Waals surface area contributed by atoms with Crippen LogP contribution >= 0.6 is 11.8 Å². The van der Waals surface area contributed by atoms with E-state index in [4.69, 9.17) is 17.3 Å². The maximum atomic E-state index is 5.68. The topological polar surface area (TPSA) is 18.5 Å². The summed E-state index contributed by atoms with van der Waals surface area (Å²) in [6, 6.07) is -0.0905. The standard InChI is InChI=1S/C8H15BO2S/c1-10-5-8(6-12-2)4-3-7(9)11-8/h7H,3-6H2,1-2H3/t7-,8+/m1/s1. The number of hydrogen-bond donors (Lipinski definition) is 0. The zero-order chi connectivity index (χ0) is 9.03. The van der Waals surface area contributed by atoms with Crippen LogP contribution < -0.4 is 0 Å². The van der Waals surface area contributed by atoms with Crippen LogP contribution in [-0.2, 0) is 9.47 Å². The molecule has 0 aromatic rings. The Morgan fingerprint density at radius 3 is 2.92 bits per heavy atom. The van der Waals surface area contributed by atoms with Crippen LogP contribution in [0.15, 0.2) is 0 Å². The summed E-state index contributed by atoms with van der Waals surface area (Å²) in [4.78, 5) is 0. The SMILES string of the molecule is [B][C@H]1CC[C@](COC)(CSC)O1. The summed E-state index contributed by atoms with van der Waals surface area (Å²) in [6.45, 7) is 0.654. The first-order valence-corrected chi connectivity index (χ1v) is 5.53. The summed E-state index contributed by atoms with van der Waals surface area (Å²) < 4.78 is 10.8. The van der Waals surface area contributed by atoms with Crippen molar-refractivity contribution in [2.45, 2.75) is 24.4 Å². The molecule has 2 radical (unpaired) electrons. The van der Waals surface area contributed by atoms with Crippen molar-refractivity contribution in [1.29, 1.82) is 0 Å². The van der Waals surface area contributed by atoms with Crippen LogP contribution in [0, 0.1) is 0 Å². The molecule has 68 valence electrons. The normalized spacial score (nSPS) is 35.7. The van der Waals surface area contributed by atoms with Gasteiger partial charge in [-0.05, 0) is 19.1 Å². The molecule has 4 heteroatoms. The van der Waals surface area contributed by atoms with Gasteiger partial charge in [0, 0.05) is 18.9 Å². The van der Waals surface area contributed by atoms with Crippen LogP contribution in [0.5, 0.6) is 0 Å². The lowest BCUT2D eigenvalue weighted by Crippen LogP contribution is -2.37. The van der Waals surface area contributed by atoms with Gasteiger partial charge in [-0.2, -0.15) is 11.8 Å². The minimum absolute atomic E-state index is 0.0905. The summed E-state index contributed by atoms with van der Waals surface area (Å²) in [6.07, 6.45) is 4.04. The fourth-order valence-electron chi connectivity index (χ4n) is 1.62. The molecule has 1 aliphatic heterocycles. The number of hydrogen-bond acceptors (Lipinski definition) is 3. The van der Waals surface area contributed by atoms with E-state index in [2.05, 4.69) is 6.26 Å². The molecule has 12 heavy (non-hydrogen) atoms. The van der Waals surface area contributed by atoms with Crippen LogP contribution in [0.25, 0.3) is 0 Å². The Kier molecular flexibility index (Phi) is 3.94. The van der Waals surface area contributed by atoms with E-state index < -0.39 is 0 Å². The smallest absolute Gasteiger partial charge is 0.109 e. The molecular weight excluding hydrogens is 171 g/mol. The second-order valence-electron chi connectivity index (χ2n) is 3.24. The minimum atomic E-state index is -0.117. The highest BCUT2D eigenvalue weighted by atomic mass is 32.2. The van der Waals surface area contributed by atoms with Crippen molar-refractivity contribution in [3.8, 4) is 0 Å². The van der Waals surface area contributed by atoms with Crippen molar-refractivity contribution in [1.82, 2.24) is 0 Å². The Morgan fingerprint density at radius 1 is 1.75 bits per heavy atom. The Labute approximate surface area is 79.8 Å². The number of methoxy groups -OCH3 is 1. The number of thioether (sulfide) groups is 1. The van der Waals surface area contributed by atoms with E-state index in [1.807, 2.05) is 0 Å². The zero-order valence-electron chi connectivity index (χ0n) is 7.71. The van der Waals surface area contributed by atoms with E-state index >= 15 is 0 Å². The average molecular weight is 186 g/mol. The summed E-state index contributed by atoms with van der Waals surface area (Å²) in [7, 11) is 7.39. The fourth-order valence-corrected chi connectivity index (χ4v) is 2.45. The third-order valence-electron chi connectivity index (χ3n) is 2.10. The minimum Gasteiger partial charge on any atom is -0.382 e. The average Bonchev–Trinajstić information content (AvgIpc) is 2.34. The van der Waals surface area contributed by atoms with Gasteiger partial charge in [0.1, 0.15) is 7.85 Å². The zero-order valence-corrected chi connectivity index (χ0v) is 8.52. The van der Waals surface area contributed by atoms with Gasteiger partial charge in [-0.15, -0.1) is 0 Å². The van der Waals surface area contributed by atoms with Gasteiger partial charge in [0.15, 0.2) is 0 Å². The molecule has 0 spiro atoms. The lowest BCUT2D eigenvalue weighted by Gasteiger charge is -2.27. The lowest BCUT2D eigenvalue weighted by atomic mass is 9.95. The van der Waals surface area contributed by atoms with Crippen molar-refractivity contribution in [3.05, 3.63) is 0 Å². The van der Waals surface area contributed by atoms with Crippen LogP contribution in [0.1, 0.15) is 12.8 Å². The van der Waals surface area contributed by atoms with Crippen molar-refractivity contribution in [3.63, 3.8) is 0 Å². The second kappa shape index (κ2) is 4.54. The molecule has 0 bridgehead atoms. The lowest BCUT2D eigenvalue weighted by molar-refractivity contribution is -0.0456. The van der Waals surface area contributed by atoms with Crippen LogP contribution in [0.4, 0.5) is 0 Å². The highest BCUT2D eigenvalue weighted by Gasteiger charge is 2.37. The third-order valence-corrected chi connectivity index (χ3v) is 2.92. The molecule has 0 N–H and O–H groups in total. The maximum absolute atomic E-state index is 5.68. The van der Waals surface area contributed by atoms with Gasteiger partial charge in [0.05, 0.1) is 12.2 Å². The molecule has 1 aliphatic rings. The first kappa shape index (κ1) is 10.4. The second-order valence-corrected chi connectivity index (χ2v) is 4.11. The van der Waals surface area contributed by atoms with Crippen molar-refractivity contribution >= 4 is 19.6 Å². The third kappa shape index (κ3) is 2.41. The van der Waals surface area contributed by atoms with Crippen molar-refractivity contribution in [2.24, 2.45) is 0 Å². The molecule has 0 aliphatic carbocycles. The molecule has 1 rings (SSSR count). The first-order valence-electron chi connectivity index (χ1n) is 4.14. The van der Waals surface area contributed by atoms with Gasteiger partial charge in [0.25, 0.3) is 0 Å². The largest absolute Gasteiger partial charge is 0.382 e. The number of rotatable bonds is 4. The predicted molar refractivity (Wildman–Crippen MR) is 52.9 cm³/mol. The molecule has 0 unspecified atom stereocenters. The summed E-state index contributed by atoms with van der Waals surface area (Å²) in [5, 5.41) is 0. The van der Waals surface area contributed by atoms with E-state index in [0.717, 1.165) is 18.6 Å². The van der Waals surface area contributed by atoms with Gasteiger partial charge in [-0.1, -0.05) is 0 Å². The maximum Gasteiger partial charge on any atom is 0.109 e. The quantitative estimate of drug-likeness (QED) is 0.611. The molecule has 2 nitrogen and oxygen atoms in total. The molecule has 0 saturated carbocycles.